The van der Waals surface area contributed by atoms with Crippen LogP contribution in [0.25, 0.3) is 33.4 Å². The van der Waals surface area contributed by atoms with Crippen molar-refractivity contribution in [3.8, 4) is 22.5 Å². The third-order valence-electron chi connectivity index (χ3n) is 8.40. The van der Waals surface area contributed by atoms with Gasteiger partial charge in [0.1, 0.15) is 34.0 Å². The molecule has 1 aliphatic heterocycles. The predicted molar refractivity (Wildman–Crippen MR) is 172 cm³/mol. The van der Waals surface area contributed by atoms with Gasteiger partial charge in [0.05, 0.1) is 16.8 Å². The van der Waals surface area contributed by atoms with Crippen LogP contribution < -0.4 is 9.62 Å². The molecule has 0 spiro atoms. The minimum atomic E-state index is -1.38. The molecule has 45 heavy (non-hydrogen) atoms. The van der Waals surface area contributed by atoms with Crippen molar-refractivity contribution in [2.75, 3.05) is 37.7 Å². The minimum absolute atomic E-state index is 0.136. The van der Waals surface area contributed by atoms with E-state index >= 15 is 0 Å². The summed E-state index contributed by atoms with van der Waals surface area (Å²) in [6.07, 6.45) is 6.47. The predicted octanol–water partition coefficient (Wildman–Crippen LogP) is 6.48. The molecular weight excluding hydrogens is 598 g/mol. The van der Waals surface area contributed by atoms with Gasteiger partial charge in [-0.25, -0.2) is 13.0 Å². The maximum atomic E-state index is 13.9. The van der Waals surface area contributed by atoms with Crippen molar-refractivity contribution in [1.82, 2.24) is 15.2 Å². The minimum Gasteiger partial charge on any atom is -0.455 e. The van der Waals surface area contributed by atoms with Crippen molar-refractivity contribution >= 4 is 39.5 Å². The third-order valence-corrected chi connectivity index (χ3v) is 9.37. The van der Waals surface area contributed by atoms with Crippen molar-refractivity contribution in [1.29, 1.82) is 0 Å². The van der Waals surface area contributed by atoms with E-state index in [0.29, 0.717) is 57.8 Å². The summed E-state index contributed by atoms with van der Waals surface area (Å²) in [4.78, 5) is 31.9. The molecule has 8 nitrogen and oxygen atoms in total. The van der Waals surface area contributed by atoms with Crippen LogP contribution in [0.5, 0.6) is 0 Å². The number of likely N-dealkylation sites (tertiary alicyclic amines) is 1. The summed E-state index contributed by atoms with van der Waals surface area (Å²) in [5.74, 6) is -1.11. The average molecular weight is 631 g/mol. The SMILES string of the molecule is CNC(=O)c1c(-c2ccc(F)cc2)oc2cc(N(C)S(C)=O)c(C3CCCN(C(=O)c4c[nH]cc4-c4ccc(F)cc4)C3)cc12. The number of fused-ring (bicyclic) bond motifs is 1. The summed E-state index contributed by atoms with van der Waals surface area (Å²) in [5.41, 5.74) is 4.68. The van der Waals surface area contributed by atoms with E-state index in [4.69, 9.17) is 4.42 Å². The Morgan fingerprint density at radius 1 is 1.02 bits per heavy atom. The van der Waals surface area contributed by atoms with Crippen molar-refractivity contribution in [3.63, 3.8) is 0 Å². The van der Waals surface area contributed by atoms with Gasteiger partial charge in [0.15, 0.2) is 0 Å². The number of H-pyrrole nitrogens is 1. The molecule has 2 unspecified atom stereocenters. The molecule has 0 radical (unpaired) electrons. The largest absolute Gasteiger partial charge is 0.455 e. The molecule has 2 aromatic heterocycles. The Kier molecular flexibility index (Phi) is 8.28. The monoisotopic (exact) mass is 630 g/mol. The highest BCUT2D eigenvalue weighted by atomic mass is 32.2. The van der Waals surface area contributed by atoms with E-state index in [9.17, 15) is 22.6 Å². The second-order valence-electron chi connectivity index (χ2n) is 11.1. The number of carbonyl (C=O) groups excluding carboxylic acids is 2. The zero-order valence-electron chi connectivity index (χ0n) is 25.0. The average Bonchev–Trinajstić information content (AvgIpc) is 3.69. The summed E-state index contributed by atoms with van der Waals surface area (Å²) < 4.78 is 47.9. The van der Waals surface area contributed by atoms with Gasteiger partial charge in [0.25, 0.3) is 11.8 Å². The molecule has 232 valence electrons. The Hall–Kier alpha value is -4.77. The molecule has 0 bridgehead atoms. The maximum absolute atomic E-state index is 13.9. The van der Waals surface area contributed by atoms with E-state index in [2.05, 4.69) is 10.3 Å². The fraction of sp³-hybridized carbons (Fsp3) is 0.235. The van der Waals surface area contributed by atoms with Crippen LogP contribution in [0.15, 0.2) is 77.5 Å². The zero-order chi connectivity index (χ0) is 31.8. The molecular formula is C34H32F2N4O4S. The van der Waals surface area contributed by atoms with E-state index in [1.165, 1.54) is 31.3 Å². The molecule has 3 aromatic carbocycles. The molecule has 2 atom stereocenters. The van der Waals surface area contributed by atoms with Gasteiger partial charge in [0.2, 0.25) is 0 Å². The summed E-state index contributed by atoms with van der Waals surface area (Å²) in [6, 6.07) is 15.4. The number of furan rings is 1. The molecule has 3 heterocycles. The number of piperidine rings is 1. The first-order valence-corrected chi connectivity index (χ1v) is 16.1. The van der Waals surface area contributed by atoms with Gasteiger partial charge in [-0.2, -0.15) is 0 Å². The Balaban J connectivity index is 1.42. The second-order valence-corrected chi connectivity index (χ2v) is 12.5. The van der Waals surface area contributed by atoms with Crippen molar-refractivity contribution in [3.05, 3.63) is 101 Å². The molecule has 0 saturated carbocycles. The smallest absolute Gasteiger partial charge is 0.256 e. The lowest BCUT2D eigenvalue weighted by Crippen LogP contribution is -2.39. The lowest BCUT2D eigenvalue weighted by molar-refractivity contribution is 0.0708. The van der Waals surface area contributed by atoms with Crippen LogP contribution in [0, 0.1) is 11.6 Å². The molecule has 6 rings (SSSR count). The quantitative estimate of drug-likeness (QED) is 0.215. The Labute approximate surface area is 261 Å². The Morgan fingerprint density at radius 3 is 2.33 bits per heavy atom. The first-order chi connectivity index (χ1) is 21.7. The van der Waals surface area contributed by atoms with Crippen LogP contribution in [-0.4, -0.2) is 59.3 Å². The van der Waals surface area contributed by atoms with Crippen LogP contribution >= 0.6 is 0 Å². The van der Waals surface area contributed by atoms with Crippen LogP contribution in [-0.2, 0) is 11.0 Å². The second kappa shape index (κ2) is 12.3. The number of nitrogens with one attached hydrogen (secondary N) is 2. The molecule has 11 heteroatoms. The molecule has 5 aromatic rings. The highest BCUT2D eigenvalue weighted by Gasteiger charge is 2.31. The third kappa shape index (κ3) is 5.75. The summed E-state index contributed by atoms with van der Waals surface area (Å²) >= 11 is 0. The topological polar surface area (TPSA) is 98.7 Å². The van der Waals surface area contributed by atoms with E-state index < -0.39 is 16.8 Å². The van der Waals surface area contributed by atoms with Gasteiger partial charge in [0, 0.05) is 74.3 Å². The normalized spacial score (nSPS) is 15.7. The van der Waals surface area contributed by atoms with E-state index in [1.54, 1.807) is 65.2 Å². The van der Waals surface area contributed by atoms with Crippen LogP contribution in [0.2, 0.25) is 0 Å². The fourth-order valence-electron chi connectivity index (χ4n) is 6.04. The Morgan fingerprint density at radius 2 is 1.69 bits per heavy atom. The summed E-state index contributed by atoms with van der Waals surface area (Å²) in [5, 5.41) is 3.25. The number of nitrogens with zero attached hydrogens (tertiary/aromatic N) is 2. The van der Waals surface area contributed by atoms with E-state index in [1.807, 2.05) is 6.07 Å². The lowest BCUT2D eigenvalue weighted by atomic mass is 9.87. The van der Waals surface area contributed by atoms with Gasteiger partial charge in [-0.05, 0) is 66.4 Å². The maximum Gasteiger partial charge on any atom is 0.256 e. The molecule has 0 aliphatic carbocycles. The van der Waals surface area contributed by atoms with Crippen molar-refractivity contribution in [2.24, 2.45) is 0 Å². The van der Waals surface area contributed by atoms with E-state index in [0.717, 1.165) is 24.0 Å². The molecule has 1 fully saturated rings. The number of aromatic amines is 1. The highest BCUT2D eigenvalue weighted by Crippen LogP contribution is 2.42. The number of anilines is 1. The zero-order valence-corrected chi connectivity index (χ0v) is 25.8. The van der Waals surface area contributed by atoms with Gasteiger partial charge in [-0.1, -0.05) is 12.1 Å². The number of hydrogen-bond acceptors (Lipinski definition) is 4. The van der Waals surface area contributed by atoms with Crippen LogP contribution in [0.3, 0.4) is 0 Å². The first-order valence-electron chi connectivity index (χ1n) is 14.5. The van der Waals surface area contributed by atoms with Gasteiger partial charge in [-0.3, -0.25) is 13.9 Å². The van der Waals surface area contributed by atoms with Crippen LogP contribution in [0.4, 0.5) is 14.5 Å². The molecule has 2 amide bonds. The van der Waals surface area contributed by atoms with Gasteiger partial charge < -0.3 is 19.6 Å². The van der Waals surface area contributed by atoms with Crippen molar-refractivity contribution < 1.29 is 27.0 Å². The number of hydrogen-bond donors (Lipinski definition) is 2. The number of carbonyl (C=O) groups is 2. The standard InChI is InChI=1S/C34H32F2N4O4S/c1-37-33(41)31-26-15-25(29(39(2)45(3)43)16-30(26)44-32(31)21-8-12-24(36)13-9-21)22-5-4-14-40(19-22)34(42)28-18-38-17-27(28)20-6-10-23(35)11-7-20/h6-13,15-18,22,38H,4-5,14,19H2,1-3H3,(H,37,41). The number of halogens is 2. The highest BCUT2D eigenvalue weighted by molar-refractivity contribution is 7.85. The van der Waals surface area contributed by atoms with Gasteiger partial charge in [-0.15, -0.1) is 0 Å². The summed E-state index contributed by atoms with van der Waals surface area (Å²) in [6.45, 7) is 0.952. The first kappa shape index (κ1) is 30.3. The van der Waals surface area contributed by atoms with Crippen LogP contribution in [0.1, 0.15) is 45.0 Å². The van der Waals surface area contributed by atoms with Gasteiger partial charge >= 0.3 is 0 Å². The Bertz CT molecular complexity index is 1920. The molecule has 1 saturated heterocycles. The number of rotatable bonds is 7. The lowest BCUT2D eigenvalue weighted by Gasteiger charge is -2.35. The number of aromatic nitrogens is 1. The molecule has 1 aliphatic rings. The molecule has 2 N–H and O–H groups in total. The van der Waals surface area contributed by atoms with Crippen molar-refractivity contribution in [2.45, 2.75) is 18.8 Å². The number of amides is 2. The fourth-order valence-corrected chi connectivity index (χ4v) is 6.47. The summed E-state index contributed by atoms with van der Waals surface area (Å²) in [7, 11) is 1.88. The number of benzene rings is 3. The van der Waals surface area contributed by atoms with E-state index in [-0.39, 0.29) is 23.5 Å².